The van der Waals surface area contributed by atoms with Crippen LogP contribution in [0.1, 0.15) is 45.2 Å². The van der Waals surface area contributed by atoms with Gasteiger partial charge in [-0.3, -0.25) is 14.4 Å². The van der Waals surface area contributed by atoms with Crippen LogP contribution in [0.15, 0.2) is 18.2 Å². The lowest BCUT2D eigenvalue weighted by Gasteiger charge is -2.47. The van der Waals surface area contributed by atoms with Crippen LogP contribution >= 0.6 is 11.6 Å². The molecule has 3 aliphatic heterocycles. The third-order valence-electron chi connectivity index (χ3n) is 6.58. The van der Waals surface area contributed by atoms with Crippen LogP contribution in [0.4, 0.5) is 0 Å². The van der Waals surface area contributed by atoms with Gasteiger partial charge in [-0.2, -0.15) is 0 Å². The van der Waals surface area contributed by atoms with E-state index < -0.39 is 23.5 Å². The number of fused-ring (bicyclic) bond motifs is 5. The molecule has 3 aliphatic rings. The maximum atomic E-state index is 13.7. The molecule has 4 atom stereocenters. The molecule has 4 rings (SSSR count). The van der Waals surface area contributed by atoms with Crippen LogP contribution in [-0.4, -0.2) is 59.4 Å². The molecule has 0 aromatic heterocycles. The predicted molar refractivity (Wildman–Crippen MR) is 110 cm³/mol. The molecule has 0 aliphatic carbocycles. The highest BCUT2D eigenvalue weighted by molar-refractivity contribution is 6.30. The summed E-state index contributed by atoms with van der Waals surface area (Å²) in [5, 5.41) is 0.514. The van der Waals surface area contributed by atoms with E-state index in [-0.39, 0.29) is 37.5 Å². The number of hydrogen-bond acceptors (Lipinski definition) is 5. The number of piperazine rings is 1. The Hall–Kier alpha value is -2.28. The molecule has 0 saturated carbocycles. The highest BCUT2D eigenvalue weighted by atomic mass is 35.5. The van der Waals surface area contributed by atoms with E-state index in [1.807, 2.05) is 6.92 Å². The largest absolute Gasteiger partial charge is 0.493 e. The second-order valence-electron chi connectivity index (χ2n) is 8.32. The molecule has 30 heavy (non-hydrogen) atoms. The second-order valence-corrected chi connectivity index (χ2v) is 8.76. The van der Waals surface area contributed by atoms with Gasteiger partial charge in [-0.15, -0.1) is 0 Å². The smallest absolute Gasteiger partial charge is 0.312 e. The summed E-state index contributed by atoms with van der Waals surface area (Å²) in [5.74, 6) is -1.41. The predicted octanol–water partition coefficient (Wildman–Crippen LogP) is 2.81. The number of ether oxygens (including phenoxy) is 2. The molecule has 0 radical (unpaired) electrons. The molecule has 8 heteroatoms. The summed E-state index contributed by atoms with van der Waals surface area (Å²) in [6, 6.07) is 4.81. The zero-order chi connectivity index (χ0) is 21.6. The van der Waals surface area contributed by atoms with Gasteiger partial charge in [0.2, 0.25) is 11.8 Å². The molecule has 7 nitrogen and oxygen atoms in total. The van der Waals surface area contributed by atoms with Gasteiger partial charge in [-0.05, 0) is 38.5 Å². The van der Waals surface area contributed by atoms with Crippen molar-refractivity contribution >= 4 is 29.4 Å². The van der Waals surface area contributed by atoms with Crippen LogP contribution in [-0.2, 0) is 19.1 Å². The van der Waals surface area contributed by atoms with Crippen molar-refractivity contribution in [3.63, 3.8) is 0 Å². The van der Waals surface area contributed by atoms with E-state index in [0.29, 0.717) is 17.3 Å². The lowest BCUT2D eigenvalue weighted by atomic mass is 9.77. The van der Waals surface area contributed by atoms with Crippen LogP contribution < -0.4 is 4.74 Å². The number of carbonyl (C=O) groups excluding carboxylic acids is 3. The molecule has 162 valence electrons. The molecule has 2 fully saturated rings. The van der Waals surface area contributed by atoms with Crippen LogP contribution in [0.5, 0.6) is 5.75 Å². The third kappa shape index (κ3) is 2.97. The number of nitrogens with zero attached hydrogens (tertiary/aromatic N) is 2. The first kappa shape index (κ1) is 21.0. The number of carbonyl (C=O) groups is 3. The molecular weight excluding hydrogens is 408 g/mol. The molecule has 2 amide bonds. The summed E-state index contributed by atoms with van der Waals surface area (Å²) in [5.41, 5.74) is -0.585. The maximum Gasteiger partial charge on any atom is 0.312 e. The normalized spacial score (nSPS) is 29.8. The quantitative estimate of drug-likeness (QED) is 0.666. The Morgan fingerprint density at radius 1 is 1.33 bits per heavy atom. The zero-order valence-electron chi connectivity index (χ0n) is 17.5. The standard InChI is InChI=1S/C22H27ClN2O5/c1-4-6-9-24-11-17(26)25-19-14-10-13(23)7-8-16(14)30-12-15(19)18(20(27)29-5-2)22(25,3)21(24)28/h7-8,10,15,18-19H,4-6,9,11-12H2,1-3H3/t15?,18?,19?,22-/m1/s1. The molecule has 1 aromatic rings. The minimum Gasteiger partial charge on any atom is -0.493 e. The van der Waals surface area contributed by atoms with Gasteiger partial charge in [0.15, 0.2) is 0 Å². The Morgan fingerprint density at radius 2 is 2.10 bits per heavy atom. The lowest BCUT2D eigenvalue weighted by molar-refractivity contribution is -0.170. The first-order valence-corrected chi connectivity index (χ1v) is 10.9. The molecule has 2 saturated heterocycles. The van der Waals surface area contributed by atoms with Gasteiger partial charge in [-0.1, -0.05) is 24.9 Å². The summed E-state index contributed by atoms with van der Waals surface area (Å²) >= 11 is 6.25. The van der Waals surface area contributed by atoms with Gasteiger partial charge in [0.1, 0.15) is 11.3 Å². The number of hydrogen-bond donors (Lipinski definition) is 0. The average Bonchev–Trinajstić information content (AvgIpc) is 3.00. The summed E-state index contributed by atoms with van der Waals surface area (Å²) in [6.45, 7) is 6.41. The number of halogens is 1. The molecule has 0 bridgehead atoms. The topological polar surface area (TPSA) is 76.2 Å². The monoisotopic (exact) mass is 434 g/mol. The van der Waals surface area contributed by atoms with E-state index in [9.17, 15) is 14.4 Å². The fourth-order valence-electron chi connectivity index (χ4n) is 5.30. The summed E-state index contributed by atoms with van der Waals surface area (Å²) < 4.78 is 11.3. The van der Waals surface area contributed by atoms with E-state index in [2.05, 4.69) is 0 Å². The van der Waals surface area contributed by atoms with Crippen LogP contribution in [0.3, 0.4) is 0 Å². The minimum absolute atomic E-state index is 0.0178. The number of esters is 1. The van der Waals surface area contributed by atoms with Crippen LogP contribution in [0.25, 0.3) is 0 Å². The van der Waals surface area contributed by atoms with E-state index >= 15 is 0 Å². The van der Waals surface area contributed by atoms with Crippen molar-refractivity contribution in [2.75, 3.05) is 26.3 Å². The second kappa shape index (κ2) is 7.76. The first-order chi connectivity index (χ1) is 14.3. The van der Waals surface area contributed by atoms with Crippen molar-refractivity contribution in [3.8, 4) is 5.75 Å². The fourth-order valence-corrected chi connectivity index (χ4v) is 5.48. The summed E-state index contributed by atoms with van der Waals surface area (Å²) in [6.07, 6.45) is 1.71. The minimum atomic E-state index is -1.32. The van der Waals surface area contributed by atoms with Gasteiger partial charge in [0.25, 0.3) is 0 Å². The van der Waals surface area contributed by atoms with E-state index in [1.54, 1.807) is 41.8 Å². The van der Waals surface area contributed by atoms with Crippen LogP contribution in [0, 0.1) is 11.8 Å². The molecule has 1 aromatic carbocycles. The van der Waals surface area contributed by atoms with Crippen molar-refractivity contribution in [1.82, 2.24) is 9.80 Å². The van der Waals surface area contributed by atoms with Gasteiger partial charge in [0.05, 0.1) is 31.7 Å². The molecule has 3 unspecified atom stereocenters. The zero-order valence-corrected chi connectivity index (χ0v) is 18.3. The SMILES string of the molecule is CCCCN1CC(=O)N2C3c4cc(Cl)ccc4OCC3C(C(=O)OCC)[C@]2(C)C1=O. The van der Waals surface area contributed by atoms with Crippen molar-refractivity contribution in [1.29, 1.82) is 0 Å². The Morgan fingerprint density at radius 3 is 2.80 bits per heavy atom. The van der Waals surface area contributed by atoms with Gasteiger partial charge < -0.3 is 19.3 Å². The van der Waals surface area contributed by atoms with Gasteiger partial charge >= 0.3 is 5.97 Å². The van der Waals surface area contributed by atoms with Crippen molar-refractivity contribution < 1.29 is 23.9 Å². The number of amides is 2. The van der Waals surface area contributed by atoms with Crippen molar-refractivity contribution in [3.05, 3.63) is 28.8 Å². The van der Waals surface area contributed by atoms with Gasteiger partial charge in [-0.25, -0.2) is 0 Å². The van der Waals surface area contributed by atoms with E-state index in [0.717, 1.165) is 18.4 Å². The Kier molecular flexibility index (Phi) is 5.43. The third-order valence-corrected chi connectivity index (χ3v) is 6.81. The molecule has 3 heterocycles. The van der Waals surface area contributed by atoms with Crippen molar-refractivity contribution in [2.24, 2.45) is 11.8 Å². The lowest BCUT2D eigenvalue weighted by Crippen LogP contribution is -2.67. The summed E-state index contributed by atoms with van der Waals surface area (Å²) in [7, 11) is 0. The van der Waals surface area contributed by atoms with E-state index in [4.69, 9.17) is 21.1 Å². The Bertz CT molecular complexity index is 890. The maximum absolute atomic E-state index is 13.7. The van der Waals surface area contributed by atoms with Gasteiger partial charge in [0, 0.05) is 23.0 Å². The highest BCUT2D eigenvalue weighted by Crippen LogP contribution is 2.56. The Balaban J connectivity index is 1.85. The number of unbranched alkanes of at least 4 members (excludes halogenated alkanes) is 1. The Labute approximate surface area is 181 Å². The van der Waals surface area contributed by atoms with E-state index in [1.165, 1.54) is 0 Å². The average molecular weight is 435 g/mol. The molecular formula is C22H27ClN2O5. The molecule has 0 spiro atoms. The van der Waals surface area contributed by atoms with Crippen LogP contribution in [0.2, 0.25) is 5.02 Å². The fraction of sp³-hybridized carbons (Fsp3) is 0.591. The molecule has 0 N–H and O–H groups in total. The highest BCUT2D eigenvalue weighted by Gasteiger charge is 2.68. The first-order valence-electron chi connectivity index (χ1n) is 10.5. The number of benzene rings is 1. The van der Waals surface area contributed by atoms with Crippen molar-refractivity contribution in [2.45, 2.75) is 45.2 Å². The summed E-state index contributed by atoms with van der Waals surface area (Å²) in [4.78, 5) is 43.4. The number of rotatable bonds is 5.